The summed E-state index contributed by atoms with van der Waals surface area (Å²) in [7, 11) is 1.39. The molecule has 2 N–H and O–H groups in total. The van der Waals surface area contributed by atoms with E-state index in [0.29, 0.717) is 25.2 Å². The van der Waals surface area contributed by atoms with E-state index < -0.39 is 0 Å². The molecule has 27 heavy (non-hydrogen) atoms. The van der Waals surface area contributed by atoms with Crippen LogP contribution in [-0.4, -0.2) is 34.4 Å². The highest BCUT2D eigenvalue weighted by molar-refractivity contribution is 7.80. The lowest BCUT2D eigenvalue weighted by Crippen LogP contribution is -2.20. The van der Waals surface area contributed by atoms with E-state index in [4.69, 9.17) is 12.2 Å². The van der Waals surface area contributed by atoms with Crippen LogP contribution in [0.4, 0.5) is 5.69 Å². The third-order valence-electron chi connectivity index (χ3n) is 4.17. The number of esters is 1. The molecule has 0 fully saturated rings. The topological polar surface area (TPSA) is 88.2 Å². The molecule has 0 atom stereocenters. The molecule has 7 nitrogen and oxygen atoms in total. The van der Waals surface area contributed by atoms with Crippen LogP contribution in [0.1, 0.15) is 39.0 Å². The van der Waals surface area contributed by atoms with Gasteiger partial charge in [-0.1, -0.05) is 31.5 Å². The second-order valence-electron chi connectivity index (χ2n) is 6.16. The number of nitrogens with one attached hydrogen (secondary N) is 1. The van der Waals surface area contributed by atoms with Crippen LogP contribution in [0.15, 0.2) is 34.5 Å². The molecule has 0 aliphatic heterocycles. The third-order valence-corrected chi connectivity index (χ3v) is 4.39. The Hall–Kier alpha value is -2.48. The van der Waals surface area contributed by atoms with Gasteiger partial charge in [0.2, 0.25) is 11.0 Å². The number of azo groups is 1. The van der Waals surface area contributed by atoms with Gasteiger partial charge < -0.3 is 19.7 Å². The fourth-order valence-corrected chi connectivity index (χ4v) is 2.96. The fourth-order valence-electron chi connectivity index (χ4n) is 2.82. The van der Waals surface area contributed by atoms with Gasteiger partial charge in [-0.3, -0.25) is 4.79 Å². The minimum absolute atomic E-state index is 0.104. The number of fused-ring (bicyclic) bond motifs is 1. The maximum Gasteiger partial charge on any atom is 0.305 e. The normalized spacial score (nSPS) is 11.2. The number of hydrogen-bond acceptors (Lipinski definition) is 5. The molecule has 1 aromatic heterocycles. The van der Waals surface area contributed by atoms with E-state index in [9.17, 15) is 9.90 Å². The molecule has 0 aliphatic carbocycles. The monoisotopic (exact) mass is 390 g/mol. The predicted octanol–water partition coefficient (Wildman–Crippen LogP) is 4.45. The zero-order chi connectivity index (χ0) is 19.6. The number of thiocarbonyl (C=S) groups is 1. The Kier molecular flexibility index (Phi) is 8.19. The van der Waals surface area contributed by atoms with E-state index in [1.807, 2.05) is 28.8 Å². The van der Waals surface area contributed by atoms with Crippen molar-refractivity contribution < 1.29 is 14.6 Å². The molecule has 0 amide bonds. The van der Waals surface area contributed by atoms with Gasteiger partial charge in [-0.15, -0.1) is 10.2 Å². The van der Waals surface area contributed by atoms with Crippen molar-refractivity contribution in [3.63, 3.8) is 0 Å². The van der Waals surface area contributed by atoms with Crippen LogP contribution in [0.2, 0.25) is 0 Å². The molecular weight excluding hydrogens is 364 g/mol. The summed E-state index contributed by atoms with van der Waals surface area (Å²) in [6, 6.07) is 7.70. The van der Waals surface area contributed by atoms with E-state index >= 15 is 0 Å². The van der Waals surface area contributed by atoms with Crippen LogP contribution in [0.3, 0.4) is 0 Å². The van der Waals surface area contributed by atoms with Gasteiger partial charge in [-0.25, -0.2) is 0 Å². The number of unbranched alkanes of at least 4 members (excludes halogenated alkanes) is 2. The van der Waals surface area contributed by atoms with Crippen molar-refractivity contribution in [2.45, 2.75) is 45.6 Å². The van der Waals surface area contributed by atoms with Gasteiger partial charge in [0.1, 0.15) is 0 Å². The van der Waals surface area contributed by atoms with Crippen molar-refractivity contribution in [1.82, 2.24) is 9.88 Å². The SMILES string of the molecule is CCCn1c(O)c(N=NC(=S)NCCCCCC(=O)OC)c2ccccc21. The van der Waals surface area contributed by atoms with Crippen LogP contribution < -0.4 is 5.32 Å². The Morgan fingerprint density at radius 3 is 2.81 bits per heavy atom. The van der Waals surface area contributed by atoms with Crippen molar-refractivity contribution >= 4 is 39.9 Å². The quantitative estimate of drug-likeness (QED) is 0.286. The third kappa shape index (κ3) is 5.75. The lowest BCUT2D eigenvalue weighted by molar-refractivity contribution is -0.140. The molecular formula is C19H26N4O3S. The number of aromatic hydroxyl groups is 1. The van der Waals surface area contributed by atoms with E-state index in [1.54, 1.807) is 0 Å². The van der Waals surface area contributed by atoms with Gasteiger partial charge in [0, 0.05) is 24.9 Å². The number of carbonyl (C=O) groups is 1. The Bertz CT molecular complexity index is 817. The van der Waals surface area contributed by atoms with Gasteiger partial charge in [-0.2, -0.15) is 0 Å². The van der Waals surface area contributed by atoms with Crippen LogP contribution in [-0.2, 0) is 16.1 Å². The summed E-state index contributed by atoms with van der Waals surface area (Å²) in [5, 5.41) is 22.9. The molecule has 2 rings (SSSR count). The van der Waals surface area contributed by atoms with Crippen LogP contribution in [0.5, 0.6) is 5.88 Å². The van der Waals surface area contributed by atoms with Crippen LogP contribution >= 0.6 is 12.2 Å². The van der Waals surface area contributed by atoms with Gasteiger partial charge >= 0.3 is 5.97 Å². The van der Waals surface area contributed by atoms with Crippen LogP contribution in [0.25, 0.3) is 10.9 Å². The standard InChI is InChI=1S/C19H26N4O3S/c1-3-13-23-15-10-7-6-9-14(15)17(18(23)25)21-22-19(27)20-12-8-4-5-11-16(24)26-2/h6-7,9-10,25H,3-5,8,11-13H2,1-2H3,(H,20,27). The molecule has 0 aliphatic rings. The van der Waals surface area contributed by atoms with Crippen molar-refractivity contribution in [2.24, 2.45) is 10.2 Å². The van der Waals surface area contributed by atoms with Crippen molar-refractivity contribution in [3.05, 3.63) is 24.3 Å². The molecule has 0 bridgehead atoms. The van der Waals surface area contributed by atoms with E-state index in [2.05, 4.69) is 27.2 Å². The minimum Gasteiger partial charge on any atom is -0.493 e. The van der Waals surface area contributed by atoms with Gasteiger partial charge in [0.25, 0.3) is 0 Å². The Morgan fingerprint density at radius 2 is 2.07 bits per heavy atom. The molecule has 0 saturated heterocycles. The molecule has 0 radical (unpaired) electrons. The summed E-state index contributed by atoms with van der Waals surface area (Å²) in [6.45, 7) is 3.42. The first-order valence-electron chi connectivity index (χ1n) is 9.15. The number of methoxy groups -OCH3 is 1. The van der Waals surface area contributed by atoms with Crippen molar-refractivity contribution in [3.8, 4) is 5.88 Å². The first kappa shape index (κ1) is 20.8. The summed E-state index contributed by atoms with van der Waals surface area (Å²) in [4.78, 5) is 11.0. The number of nitrogens with zero attached hydrogens (tertiary/aromatic N) is 3. The zero-order valence-electron chi connectivity index (χ0n) is 15.8. The largest absolute Gasteiger partial charge is 0.493 e. The van der Waals surface area contributed by atoms with Gasteiger partial charge in [0.15, 0.2) is 5.69 Å². The summed E-state index contributed by atoms with van der Waals surface area (Å²) in [5.41, 5.74) is 1.36. The maximum atomic E-state index is 11.0. The minimum atomic E-state index is -0.186. The highest BCUT2D eigenvalue weighted by atomic mass is 32.1. The van der Waals surface area contributed by atoms with Gasteiger partial charge in [-0.05, 0) is 37.5 Å². The molecule has 1 aromatic carbocycles. The van der Waals surface area contributed by atoms with E-state index in [-0.39, 0.29) is 17.0 Å². The summed E-state index contributed by atoms with van der Waals surface area (Å²) in [5.74, 6) is -0.0817. The Morgan fingerprint density at radius 1 is 1.30 bits per heavy atom. The van der Waals surface area contributed by atoms with Crippen molar-refractivity contribution in [2.75, 3.05) is 13.7 Å². The van der Waals surface area contributed by atoms with Crippen LogP contribution in [0, 0.1) is 0 Å². The fraction of sp³-hybridized carbons (Fsp3) is 0.474. The molecule has 8 heteroatoms. The number of rotatable bonds is 9. The smallest absolute Gasteiger partial charge is 0.305 e. The summed E-state index contributed by atoms with van der Waals surface area (Å²) >= 11 is 5.18. The second-order valence-corrected chi connectivity index (χ2v) is 6.55. The van der Waals surface area contributed by atoms with E-state index in [1.165, 1.54) is 7.11 Å². The molecule has 1 heterocycles. The number of para-hydroxylation sites is 1. The first-order valence-corrected chi connectivity index (χ1v) is 9.55. The van der Waals surface area contributed by atoms with E-state index in [0.717, 1.165) is 36.6 Å². The number of aryl methyl sites for hydroxylation is 1. The maximum absolute atomic E-state index is 11.0. The average Bonchev–Trinajstić information content (AvgIpc) is 2.94. The molecule has 146 valence electrons. The number of benzene rings is 1. The molecule has 0 saturated carbocycles. The highest BCUT2D eigenvalue weighted by Crippen LogP contribution is 2.38. The number of hydrogen-bond donors (Lipinski definition) is 2. The highest BCUT2D eigenvalue weighted by Gasteiger charge is 2.15. The number of ether oxygens (including phenoxy) is 1. The second kappa shape index (κ2) is 10.6. The molecule has 0 spiro atoms. The predicted molar refractivity (Wildman–Crippen MR) is 109 cm³/mol. The number of aromatic nitrogens is 1. The first-order chi connectivity index (χ1) is 13.1. The number of carbonyl (C=O) groups excluding carboxylic acids is 1. The average molecular weight is 391 g/mol. The zero-order valence-corrected chi connectivity index (χ0v) is 16.6. The van der Waals surface area contributed by atoms with Crippen molar-refractivity contribution in [1.29, 1.82) is 0 Å². The lowest BCUT2D eigenvalue weighted by Gasteiger charge is -2.04. The summed E-state index contributed by atoms with van der Waals surface area (Å²) in [6.07, 6.45) is 3.88. The molecule has 2 aromatic rings. The lowest BCUT2D eigenvalue weighted by atomic mass is 10.2. The summed E-state index contributed by atoms with van der Waals surface area (Å²) < 4.78 is 6.44. The Balaban J connectivity index is 1.91. The van der Waals surface area contributed by atoms with Gasteiger partial charge in [0.05, 0.1) is 12.6 Å². The molecule has 0 unspecified atom stereocenters. The Labute approximate surface area is 164 Å².